The fourth-order valence-corrected chi connectivity index (χ4v) is 4.53. The standard InChI is InChI=1S/C17H14B4Br2F2O3/c1-17(24,25)16-8(13(26)4-2-5(22)14(27)6(23)3-4)7-9(18)10(19)11(20)12(21)15(7)28-16/h2-3,27H,18-21H2,1H3. The number of phenolic OH excluding ortho intramolecular Hbond substituents is 1. The van der Waals surface area contributed by atoms with Gasteiger partial charge in [0.2, 0.25) is 0 Å². The molecule has 1 aromatic heterocycles. The van der Waals surface area contributed by atoms with Crippen molar-refractivity contribution in [3.63, 3.8) is 0 Å². The maximum absolute atomic E-state index is 14.4. The molecule has 140 valence electrons. The lowest BCUT2D eigenvalue weighted by molar-refractivity contribution is -0.00465. The van der Waals surface area contributed by atoms with E-state index in [9.17, 15) is 18.7 Å². The minimum atomic E-state index is -3.34. The van der Waals surface area contributed by atoms with Gasteiger partial charge in [0.15, 0.2) is 11.5 Å². The van der Waals surface area contributed by atoms with Gasteiger partial charge < -0.3 is 9.52 Å². The molecule has 0 saturated carbocycles. The van der Waals surface area contributed by atoms with Crippen LogP contribution in [-0.2, 0) is 5.92 Å². The van der Waals surface area contributed by atoms with Crippen LogP contribution in [-0.4, -0.2) is 42.3 Å². The van der Waals surface area contributed by atoms with Gasteiger partial charge in [-0.15, -0.1) is 5.46 Å². The van der Waals surface area contributed by atoms with Crippen molar-refractivity contribution in [3.8, 4) is 5.75 Å². The number of benzene rings is 2. The van der Waals surface area contributed by atoms with E-state index in [1.54, 1.807) is 15.7 Å². The number of phenols is 1. The lowest BCUT2D eigenvalue weighted by Crippen LogP contribution is -2.47. The Morgan fingerprint density at radius 3 is 2.04 bits per heavy atom. The molecular weight excluding hydrogens is 493 g/mol. The van der Waals surface area contributed by atoms with Crippen molar-refractivity contribution in [2.45, 2.75) is 12.8 Å². The van der Waals surface area contributed by atoms with Gasteiger partial charge in [0.05, 0.1) is 14.5 Å². The highest BCUT2D eigenvalue weighted by molar-refractivity contribution is 9.11. The smallest absolute Gasteiger partial charge is 0.302 e. The summed E-state index contributed by atoms with van der Waals surface area (Å²) in [5, 5.41) is 10.3. The number of alkyl halides is 2. The van der Waals surface area contributed by atoms with E-state index in [1.807, 2.05) is 15.7 Å². The molecule has 3 aromatic rings. The minimum Gasteiger partial charge on any atom is -0.506 e. The summed E-state index contributed by atoms with van der Waals surface area (Å²) >= 11 is 6.36. The van der Waals surface area contributed by atoms with Gasteiger partial charge in [0, 0.05) is 17.9 Å². The van der Waals surface area contributed by atoms with Crippen LogP contribution in [0.25, 0.3) is 11.0 Å². The Labute approximate surface area is 181 Å². The van der Waals surface area contributed by atoms with Crippen molar-refractivity contribution in [1.29, 1.82) is 0 Å². The molecule has 0 spiro atoms. The highest BCUT2D eigenvalue weighted by Gasteiger charge is 2.38. The molecule has 0 bridgehead atoms. The van der Waals surface area contributed by atoms with Crippen molar-refractivity contribution in [2.24, 2.45) is 0 Å². The number of rotatable bonds is 3. The molecule has 2 aromatic carbocycles. The van der Waals surface area contributed by atoms with E-state index in [0.717, 1.165) is 21.9 Å². The van der Waals surface area contributed by atoms with Gasteiger partial charge in [0.25, 0.3) is 0 Å². The zero-order valence-electron chi connectivity index (χ0n) is 15.9. The third kappa shape index (κ3) is 3.26. The van der Waals surface area contributed by atoms with E-state index in [4.69, 9.17) is 4.42 Å². The first-order valence-corrected chi connectivity index (χ1v) is 10.1. The first kappa shape index (κ1) is 21.2. The molecule has 0 amide bonds. The van der Waals surface area contributed by atoms with Crippen LogP contribution in [0.4, 0.5) is 8.78 Å². The van der Waals surface area contributed by atoms with E-state index in [-0.39, 0.29) is 25.8 Å². The average Bonchev–Trinajstić information content (AvgIpc) is 3.02. The van der Waals surface area contributed by atoms with Crippen LogP contribution in [0.3, 0.4) is 0 Å². The molecule has 1 N–H and O–H groups in total. The van der Waals surface area contributed by atoms with Gasteiger partial charge >= 0.3 is 5.92 Å². The van der Waals surface area contributed by atoms with E-state index >= 15 is 0 Å². The number of carbonyl (C=O) groups is 1. The van der Waals surface area contributed by atoms with E-state index < -0.39 is 17.5 Å². The number of fused-ring (bicyclic) bond motifs is 1. The van der Waals surface area contributed by atoms with Crippen LogP contribution in [0, 0.1) is 0 Å². The predicted molar refractivity (Wildman–Crippen MR) is 125 cm³/mol. The van der Waals surface area contributed by atoms with Crippen LogP contribution in [0.2, 0.25) is 0 Å². The number of carbonyl (C=O) groups excluding carboxylic acids is 1. The number of ketones is 1. The summed E-state index contributed by atoms with van der Waals surface area (Å²) in [5.41, 5.74) is 3.65. The lowest BCUT2D eigenvalue weighted by atomic mass is 9.65. The number of halogens is 4. The van der Waals surface area contributed by atoms with Gasteiger partial charge in [-0.3, -0.25) is 4.79 Å². The molecule has 28 heavy (non-hydrogen) atoms. The van der Waals surface area contributed by atoms with Crippen LogP contribution in [0.1, 0.15) is 28.6 Å². The molecule has 3 rings (SSSR count). The van der Waals surface area contributed by atoms with E-state index in [2.05, 4.69) is 31.9 Å². The van der Waals surface area contributed by atoms with Crippen LogP contribution < -0.4 is 21.9 Å². The summed E-state index contributed by atoms with van der Waals surface area (Å²) in [6, 6.07) is 2.81. The molecule has 11 heteroatoms. The first-order chi connectivity index (χ1) is 12.9. The molecule has 0 saturated heterocycles. The molecule has 0 aliphatic heterocycles. The Hall–Kier alpha value is -1.47. The first-order valence-electron chi connectivity index (χ1n) is 8.50. The molecule has 0 fully saturated rings. The molecule has 0 aliphatic carbocycles. The Bertz CT molecular complexity index is 1130. The quantitative estimate of drug-likeness (QED) is 0.367. The summed E-state index contributed by atoms with van der Waals surface area (Å²) in [6.07, 6.45) is 0. The SMILES string of the molecule is Bc1c(B)c(B)c2c(C(=O)c3cc(Br)c(O)c(Br)c3)c(C(C)(F)F)oc2c1B. The number of aromatic hydroxyl groups is 1. The van der Waals surface area contributed by atoms with Gasteiger partial charge in [0.1, 0.15) is 42.7 Å². The van der Waals surface area contributed by atoms with Gasteiger partial charge in [-0.2, -0.15) is 8.78 Å². The second kappa shape index (κ2) is 7.10. The molecule has 1 heterocycles. The van der Waals surface area contributed by atoms with Gasteiger partial charge in [-0.05, 0) is 44.0 Å². The Balaban J connectivity index is 2.44. The molecule has 0 unspecified atom stereocenters. The predicted octanol–water partition coefficient (Wildman–Crippen LogP) is -0.960. The summed E-state index contributed by atoms with van der Waals surface area (Å²) in [4.78, 5) is 13.3. The summed E-state index contributed by atoms with van der Waals surface area (Å²) in [5.74, 6) is -4.66. The average molecular weight is 507 g/mol. The third-order valence-electron chi connectivity index (χ3n) is 5.22. The Kier molecular flexibility index (Phi) is 5.38. The molecule has 0 aliphatic rings. The second-order valence-electron chi connectivity index (χ2n) is 7.02. The van der Waals surface area contributed by atoms with Crippen molar-refractivity contribution in [3.05, 3.63) is 38.0 Å². The zero-order chi connectivity index (χ0) is 21.1. The summed E-state index contributed by atoms with van der Waals surface area (Å²) < 4.78 is 35.0. The monoisotopic (exact) mass is 506 g/mol. The Morgan fingerprint density at radius 2 is 1.54 bits per heavy atom. The maximum Gasteiger partial charge on any atom is 0.302 e. The fraction of sp³-hybridized carbons (Fsp3) is 0.118. The van der Waals surface area contributed by atoms with Gasteiger partial charge in [-0.1, -0.05) is 16.4 Å². The third-order valence-corrected chi connectivity index (χ3v) is 6.43. The zero-order valence-corrected chi connectivity index (χ0v) is 19.1. The van der Waals surface area contributed by atoms with E-state index in [1.165, 1.54) is 12.1 Å². The topological polar surface area (TPSA) is 50.4 Å². The van der Waals surface area contributed by atoms with Crippen molar-refractivity contribution >= 4 is 102 Å². The maximum atomic E-state index is 14.4. The van der Waals surface area contributed by atoms with Crippen molar-refractivity contribution in [1.82, 2.24) is 0 Å². The number of furan rings is 1. The molecule has 3 nitrogen and oxygen atoms in total. The van der Waals surface area contributed by atoms with Crippen LogP contribution in [0.5, 0.6) is 5.75 Å². The minimum absolute atomic E-state index is 0.0758. The highest BCUT2D eigenvalue weighted by atomic mass is 79.9. The summed E-state index contributed by atoms with van der Waals surface area (Å²) in [6.45, 7) is 0.717. The number of hydrogen-bond donors (Lipinski definition) is 1. The normalized spacial score (nSPS) is 11.9. The van der Waals surface area contributed by atoms with Gasteiger partial charge in [-0.25, -0.2) is 0 Å². The second-order valence-corrected chi connectivity index (χ2v) is 8.72. The summed E-state index contributed by atoms with van der Waals surface area (Å²) in [7, 11) is 7.40. The Morgan fingerprint density at radius 1 is 1.04 bits per heavy atom. The number of hydrogen-bond acceptors (Lipinski definition) is 3. The van der Waals surface area contributed by atoms with Crippen LogP contribution >= 0.6 is 31.9 Å². The molecule has 0 atom stereocenters. The fourth-order valence-electron chi connectivity index (χ4n) is 3.34. The largest absolute Gasteiger partial charge is 0.506 e. The molecule has 0 radical (unpaired) electrons. The van der Waals surface area contributed by atoms with Crippen LogP contribution in [0.15, 0.2) is 25.5 Å². The highest BCUT2D eigenvalue weighted by Crippen LogP contribution is 2.38. The van der Waals surface area contributed by atoms with Crippen molar-refractivity contribution < 1.29 is 23.1 Å². The lowest BCUT2D eigenvalue weighted by Gasteiger charge is -2.13. The van der Waals surface area contributed by atoms with Crippen molar-refractivity contribution in [2.75, 3.05) is 0 Å². The van der Waals surface area contributed by atoms with E-state index in [0.29, 0.717) is 17.9 Å². The molecular formula is C17H14B4Br2F2O3.